The van der Waals surface area contributed by atoms with Crippen molar-refractivity contribution >= 4 is 27.7 Å². The summed E-state index contributed by atoms with van der Waals surface area (Å²) in [5.41, 5.74) is -0.609. The minimum Gasteiger partial charge on any atom is -0.458 e. The Balaban J connectivity index is 2.91. The lowest BCUT2D eigenvalue weighted by molar-refractivity contribution is -0.390. The van der Waals surface area contributed by atoms with Crippen molar-refractivity contribution in [2.45, 2.75) is 39.3 Å². The number of nitro groups is 1. The highest BCUT2D eigenvalue weighted by Crippen LogP contribution is 2.25. The molecule has 1 rings (SSSR count). The third-order valence-corrected chi connectivity index (χ3v) is 2.55. The van der Waals surface area contributed by atoms with Crippen molar-refractivity contribution in [3.63, 3.8) is 0 Å². The molecule has 8 heteroatoms. The van der Waals surface area contributed by atoms with E-state index < -0.39 is 22.5 Å². The van der Waals surface area contributed by atoms with Gasteiger partial charge >= 0.3 is 11.8 Å². The highest BCUT2D eigenvalue weighted by atomic mass is 79.9. The molecule has 0 amide bonds. The fraction of sp³-hybridized carbons (Fsp3) is 0.600. The largest absolute Gasteiger partial charge is 0.458 e. The second-order valence-corrected chi connectivity index (χ2v) is 5.60. The first-order chi connectivity index (χ1) is 8.11. The summed E-state index contributed by atoms with van der Waals surface area (Å²) in [6.07, 6.45) is 1.38. The number of carbonyl (C=O) groups excluding carboxylic acids is 1. The van der Waals surface area contributed by atoms with E-state index in [1.54, 1.807) is 27.7 Å². The first-order valence-electron chi connectivity index (χ1n) is 5.23. The van der Waals surface area contributed by atoms with Gasteiger partial charge in [0.2, 0.25) is 0 Å². The van der Waals surface area contributed by atoms with Crippen LogP contribution in [0, 0.1) is 10.1 Å². The molecule has 0 spiro atoms. The molecule has 0 aliphatic carbocycles. The number of esters is 1. The number of hydrogen-bond donors (Lipinski definition) is 0. The summed E-state index contributed by atoms with van der Waals surface area (Å²) in [6, 6.07) is -0.728. The molecule has 0 aliphatic rings. The number of nitrogens with zero attached hydrogens (tertiary/aromatic N) is 3. The van der Waals surface area contributed by atoms with Crippen LogP contribution < -0.4 is 0 Å². The van der Waals surface area contributed by atoms with Gasteiger partial charge < -0.3 is 14.9 Å². The topological polar surface area (TPSA) is 87.3 Å². The number of carbonyl (C=O) groups is 1. The summed E-state index contributed by atoms with van der Waals surface area (Å²) < 4.78 is 6.61. The molecule has 0 fully saturated rings. The SMILES string of the molecule is CC(C(=O)OC(C)(C)C)n1cc(Br)c([N+](=O)[O-])n1. The molecule has 0 saturated heterocycles. The summed E-state index contributed by atoms with van der Waals surface area (Å²) in [7, 11) is 0. The number of halogens is 1. The van der Waals surface area contributed by atoms with Crippen molar-refractivity contribution in [2.24, 2.45) is 0 Å². The molecular formula is C10H14BrN3O4. The molecule has 1 atom stereocenters. The van der Waals surface area contributed by atoms with Crippen LogP contribution in [0.3, 0.4) is 0 Å². The van der Waals surface area contributed by atoms with E-state index in [1.165, 1.54) is 10.9 Å². The maximum absolute atomic E-state index is 11.8. The molecule has 0 radical (unpaired) electrons. The Kier molecular flexibility index (Phi) is 4.10. The highest BCUT2D eigenvalue weighted by molar-refractivity contribution is 9.10. The van der Waals surface area contributed by atoms with Crippen LogP contribution in [0.1, 0.15) is 33.7 Å². The normalized spacial score (nSPS) is 13.2. The Bertz CT molecular complexity index is 478. The van der Waals surface area contributed by atoms with Crippen LogP contribution in [0.4, 0.5) is 5.82 Å². The molecule has 0 N–H and O–H groups in total. The molecule has 0 saturated carbocycles. The second-order valence-electron chi connectivity index (χ2n) is 4.75. The number of aromatic nitrogens is 2. The number of rotatable bonds is 3. The van der Waals surface area contributed by atoms with Crippen LogP contribution in [0.15, 0.2) is 10.7 Å². The van der Waals surface area contributed by atoms with Crippen LogP contribution in [0.5, 0.6) is 0 Å². The molecule has 100 valence electrons. The lowest BCUT2D eigenvalue weighted by Crippen LogP contribution is -2.29. The van der Waals surface area contributed by atoms with Crippen molar-refractivity contribution in [2.75, 3.05) is 0 Å². The van der Waals surface area contributed by atoms with Gasteiger partial charge in [0, 0.05) is 0 Å². The van der Waals surface area contributed by atoms with Crippen molar-refractivity contribution < 1.29 is 14.5 Å². The lowest BCUT2D eigenvalue weighted by atomic mass is 10.2. The minimum absolute atomic E-state index is 0.225. The van der Waals surface area contributed by atoms with Crippen LogP contribution in [-0.2, 0) is 9.53 Å². The van der Waals surface area contributed by atoms with Crippen LogP contribution in [-0.4, -0.2) is 26.3 Å². The Hall–Kier alpha value is -1.44. The van der Waals surface area contributed by atoms with Gasteiger partial charge in [-0.25, -0.2) is 4.79 Å². The number of ether oxygens (including phenoxy) is 1. The third kappa shape index (κ3) is 3.52. The van der Waals surface area contributed by atoms with Gasteiger partial charge in [0.05, 0.1) is 11.3 Å². The summed E-state index contributed by atoms with van der Waals surface area (Å²) in [6.45, 7) is 6.81. The highest BCUT2D eigenvalue weighted by Gasteiger charge is 2.28. The molecule has 0 bridgehead atoms. The quantitative estimate of drug-likeness (QED) is 0.485. The van der Waals surface area contributed by atoms with Gasteiger partial charge in [-0.2, -0.15) is 4.68 Å². The van der Waals surface area contributed by atoms with E-state index in [9.17, 15) is 14.9 Å². The van der Waals surface area contributed by atoms with E-state index in [-0.39, 0.29) is 10.3 Å². The zero-order valence-corrected chi connectivity index (χ0v) is 12.1. The molecule has 1 aromatic heterocycles. The van der Waals surface area contributed by atoms with E-state index in [0.717, 1.165) is 0 Å². The summed E-state index contributed by atoms with van der Waals surface area (Å²) in [5.74, 6) is -0.821. The summed E-state index contributed by atoms with van der Waals surface area (Å²) in [4.78, 5) is 21.8. The summed E-state index contributed by atoms with van der Waals surface area (Å²) >= 11 is 3.02. The van der Waals surface area contributed by atoms with Crippen LogP contribution >= 0.6 is 15.9 Å². The van der Waals surface area contributed by atoms with Gasteiger partial charge in [0.15, 0.2) is 6.04 Å². The first-order valence-corrected chi connectivity index (χ1v) is 6.03. The van der Waals surface area contributed by atoms with Gasteiger partial charge in [0.25, 0.3) is 0 Å². The second kappa shape index (κ2) is 5.05. The third-order valence-electron chi connectivity index (χ3n) is 1.99. The maximum Gasteiger partial charge on any atom is 0.404 e. The average molecular weight is 320 g/mol. The fourth-order valence-corrected chi connectivity index (χ4v) is 1.61. The van der Waals surface area contributed by atoms with Crippen molar-refractivity contribution in [1.29, 1.82) is 0 Å². The van der Waals surface area contributed by atoms with Gasteiger partial charge in [-0.05, 0) is 48.5 Å². The van der Waals surface area contributed by atoms with E-state index in [1.807, 2.05) is 0 Å². The van der Waals surface area contributed by atoms with E-state index in [2.05, 4.69) is 21.0 Å². The minimum atomic E-state index is -0.728. The molecule has 1 heterocycles. The van der Waals surface area contributed by atoms with E-state index in [0.29, 0.717) is 0 Å². The van der Waals surface area contributed by atoms with Gasteiger partial charge in [-0.15, -0.1) is 0 Å². The van der Waals surface area contributed by atoms with Crippen molar-refractivity contribution in [3.05, 3.63) is 20.8 Å². The first kappa shape index (κ1) is 14.6. The Morgan fingerprint density at radius 3 is 2.56 bits per heavy atom. The van der Waals surface area contributed by atoms with Gasteiger partial charge in [-0.1, -0.05) is 0 Å². The fourth-order valence-electron chi connectivity index (χ4n) is 1.18. The van der Waals surface area contributed by atoms with Gasteiger partial charge in [-0.3, -0.25) is 0 Å². The molecule has 1 aromatic rings. The molecule has 18 heavy (non-hydrogen) atoms. The standard InChI is InChI=1S/C10H14BrN3O4/c1-6(9(15)18-10(2,3)4)13-5-7(11)8(12-13)14(16)17/h5-6H,1-4H3. The lowest BCUT2D eigenvalue weighted by Gasteiger charge is -2.21. The molecule has 7 nitrogen and oxygen atoms in total. The van der Waals surface area contributed by atoms with E-state index >= 15 is 0 Å². The Labute approximate surface area is 112 Å². The average Bonchev–Trinajstić information content (AvgIpc) is 2.56. The number of hydrogen-bond acceptors (Lipinski definition) is 5. The predicted molar refractivity (Wildman–Crippen MR) is 67.1 cm³/mol. The smallest absolute Gasteiger partial charge is 0.404 e. The van der Waals surface area contributed by atoms with Gasteiger partial charge in [0.1, 0.15) is 10.1 Å². The van der Waals surface area contributed by atoms with Crippen LogP contribution in [0.25, 0.3) is 0 Å². The maximum atomic E-state index is 11.8. The summed E-state index contributed by atoms with van der Waals surface area (Å²) in [5, 5.41) is 14.4. The Morgan fingerprint density at radius 1 is 1.61 bits per heavy atom. The zero-order chi connectivity index (χ0) is 14.1. The Morgan fingerprint density at radius 2 is 2.17 bits per heavy atom. The van der Waals surface area contributed by atoms with Crippen molar-refractivity contribution in [1.82, 2.24) is 9.78 Å². The molecular weight excluding hydrogens is 306 g/mol. The molecule has 0 aromatic carbocycles. The molecule has 0 aliphatic heterocycles. The monoisotopic (exact) mass is 319 g/mol. The van der Waals surface area contributed by atoms with Crippen molar-refractivity contribution in [3.8, 4) is 0 Å². The molecule has 1 unspecified atom stereocenters. The predicted octanol–water partition coefficient (Wildman–Crippen LogP) is 2.46. The van der Waals surface area contributed by atoms with E-state index in [4.69, 9.17) is 4.74 Å². The zero-order valence-electron chi connectivity index (χ0n) is 10.5. The van der Waals surface area contributed by atoms with Crippen LogP contribution in [0.2, 0.25) is 0 Å².